The van der Waals surface area contributed by atoms with Gasteiger partial charge in [0.15, 0.2) is 0 Å². The highest BCUT2D eigenvalue weighted by atomic mass is 16.2. The zero-order chi connectivity index (χ0) is 15.0. The first-order valence-electron chi connectivity index (χ1n) is 6.90. The fraction of sp³-hybridized carbons (Fsp3) is 0.467. The molecule has 1 aromatic carbocycles. The molecule has 0 aliphatic heterocycles. The molecule has 0 aliphatic carbocycles. The van der Waals surface area contributed by atoms with Gasteiger partial charge in [-0.15, -0.1) is 0 Å². The second-order valence-corrected chi connectivity index (χ2v) is 4.77. The van der Waals surface area contributed by atoms with E-state index in [9.17, 15) is 9.59 Å². The molecule has 110 valence electrons. The highest BCUT2D eigenvalue weighted by Gasteiger charge is 2.09. The maximum absolute atomic E-state index is 11.7. The zero-order valence-electron chi connectivity index (χ0n) is 12.3. The predicted octanol–water partition coefficient (Wildman–Crippen LogP) is 1.82. The van der Waals surface area contributed by atoms with Crippen molar-refractivity contribution >= 4 is 17.5 Å². The monoisotopic (exact) mass is 277 g/mol. The summed E-state index contributed by atoms with van der Waals surface area (Å²) in [4.78, 5) is 22.8. The van der Waals surface area contributed by atoms with Gasteiger partial charge in [-0.05, 0) is 37.6 Å². The summed E-state index contributed by atoms with van der Waals surface area (Å²) in [5.41, 5.74) is 1.69. The van der Waals surface area contributed by atoms with Gasteiger partial charge in [-0.25, -0.2) is 0 Å². The van der Waals surface area contributed by atoms with Crippen molar-refractivity contribution in [2.24, 2.45) is 0 Å². The van der Waals surface area contributed by atoms with Crippen molar-refractivity contribution < 1.29 is 9.59 Å². The van der Waals surface area contributed by atoms with Crippen molar-refractivity contribution in [3.05, 3.63) is 29.8 Å². The number of rotatable bonds is 7. The average Bonchev–Trinajstić information content (AvgIpc) is 2.38. The van der Waals surface area contributed by atoms with Gasteiger partial charge < -0.3 is 16.0 Å². The van der Waals surface area contributed by atoms with Gasteiger partial charge in [0, 0.05) is 12.6 Å². The molecular weight excluding hydrogens is 254 g/mol. The van der Waals surface area contributed by atoms with E-state index < -0.39 is 0 Å². The number of benzene rings is 1. The lowest BCUT2D eigenvalue weighted by Crippen LogP contribution is -2.35. The van der Waals surface area contributed by atoms with Gasteiger partial charge in [0.05, 0.1) is 12.6 Å². The number of hydrogen-bond donors (Lipinski definition) is 3. The number of carbonyl (C=O) groups excluding carboxylic acids is 2. The summed E-state index contributed by atoms with van der Waals surface area (Å²) in [6.07, 6.45) is 1.00. The summed E-state index contributed by atoms with van der Waals surface area (Å²) >= 11 is 0. The molecule has 0 aliphatic rings. The highest BCUT2D eigenvalue weighted by molar-refractivity contribution is 5.88. The van der Waals surface area contributed by atoms with Crippen LogP contribution in [0.25, 0.3) is 0 Å². The Hall–Kier alpha value is -1.88. The third-order valence-electron chi connectivity index (χ3n) is 2.80. The molecule has 0 spiro atoms. The van der Waals surface area contributed by atoms with Gasteiger partial charge in [-0.1, -0.05) is 19.1 Å². The molecule has 1 atom stereocenters. The fourth-order valence-corrected chi connectivity index (χ4v) is 1.84. The fourth-order valence-electron chi connectivity index (χ4n) is 1.84. The number of amides is 2. The number of nitrogens with one attached hydrogen (secondary N) is 3. The summed E-state index contributed by atoms with van der Waals surface area (Å²) < 4.78 is 0. The second-order valence-electron chi connectivity index (χ2n) is 4.77. The van der Waals surface area contributed by atoms with E-state index in [2.05, 4.69) is 22.9 Å². The first kappa shape index (κ1) is 16.2. The van der Waals surface area contributed by atoms with E-state index in [-0.39, 0.29) is 17.9 Å². The minimum atomic E-state index is -0.109. The topological polar surface area (TPSA) is 70.2 Å². The van der Waals surface area contributed by atoms with Crippen molar-refractivity contribution in [2.45, 2.75) is 33.2 Å². The van der Waals surface area contributed by atoms with E-state index in [1.165, 1.54) is 6.92 Å². The molecule has 0 saturated carbocycles. The van der Waals surface area contributed by atoms with Gasteiger partial charge in [0.25, 0.3) is 0 Å². The molecule has 5 nitrogen and oxygen atoms in total. The number of hydrogen-bond acceptors (Lipinski definition) is 3. The van der Waals surface area contributed by atoms with E-state index >= 15 is 0 Å². The number of anilines is 1. The largest absolute Gasteiger partial charge is 0.348 e. The van der Waals surface area contributed by atoms with Gasteiger partial charge in [-0.2, -0.15) is 0 Å². The summed E-state index contributed by atoms with van der Waals surface area (Å²) in [7, 11) is 0. The molecule has 0 bridgehead atoms. The summed E-state index contributed by atoms with van der Waals surface area (Å²) in [6.45, 7) is 6.60. The minimum absolute atomic E-state index is 0.0316. The van der Waals surface area contributed by atoms with E-state index in [0.717, 1.165) is 24.2 Å². The number of carbonyl (C=O) groups is 2. The Kier molecular flexibility index (Phi) is 6.73. The maximum Gasteiger partial charge on any atom is 0.234 e. The average molecular weight is 277 g/mol. The van der Waals surface area contributed by atoms with Crippen molar-refractivity contribution in [1.82, 2.24) is 10.6 Å². The lowest BCUT2D eigenvalue weighted by Gasteiger charge is -2.15. The quantitative estimate of drug-likeness (QED) is 0.666. The summed E-state index contributed by atoms with van der Waals surface area (Å²) in [6, 6.07) is 7.38. The minimum Gasteiger partial charge on any atom is -0.348 e. The molecule has 0 aromatic heterocycles. The molecule has 0 fully saturated rings. The van der Waals surface area contributed by atoms with Crippen LogP contribution in [-0.2, 0) is 9.59 Å². The Morgan fingerprint density at radius 3 is 2.70 bits per heavy atom. The van der Waals surface area contributed by atoms with Crippen LogP contribution in [0.5, 0.6) is 0 Å². The smallest absolute Gasteiger partial charge is 0.234 e. The Morgan fingerprint density at radius 2 is 2.05 bits per heavy atom. The Morgan fingerprint density at radius 1 is 1.30 bits per heavy atom. The van der Waals surface area contributed by atoms with E-state index in [0.29, 0.717) is 6.54 Å². The molecular formula is C15H23N3O2. The van der Waals surface area contributed by atoms with Crippen LogP contribution in [-0.4, -0.2) is 24.9 Å². The van der Waals surface area contributed by atoms with Crippen molar-refractivity contribution in [2.75, 3.05) is 18.4 Å². The van der Waals surface area contributed by atoms with Crippen LogP contribution in [0.3, 0.4) is 0 Å². The van der Waals surface area contributed by atoms with Crippen LogP contribution in [0.4, 0.5) is 5.69 Å². The van der Waals surface area contributed by atoms with E-state index in [1.54, 1.807) is 0 Å². The summed E-state index contributed by atoms with van der Waals surface area (Å²) in [5, 5.41) is 8.71. The van der Waals surface area contributed by atoms with Gasteiger partial charge in [0.2, 0.25) is 11.8 Å². The normalized spacial score (nSPS) is 11.8. The van der Waals surface area contributed by atoms with Crippen molar-refractivity contribution in [1.29, 1.82) is 0 Å². The van der Waals surface area contributed by atoms with Gasteiger partial charge in [0.1, 0.15) is 0 Å². The van der Waals surface area contributed by atoms with Crippen molar-refractivity contribution in [3.8, 4) is 0 Å². The highest BCUT2D eigenvalue weighted by Crippen LogP contribution is 2.17. The Labute approximate surface area is 120 Å². The molecule has 0 radical (unpaired) electrons. The molecule has 3 N–H and O–H groups in total. The molecule has 1 rings (SSSR count). The lowest BCUT2D eigenvalue weighted by atomic mass is 10.1. The summed E-state index contributed by atoms with van der Waals surface area (Å²) in [5.74, 6) is -0.140. The predicted molar refractivity (Wildman–Crippen MR) is 80.5 cm³/mol. The third-order valence-corrected chi connectivity index (χ3v) is 2.80. The molecule has 20 heavy (non-hydrogen) atoms. The Balaban J connectivity index is 2.56. The first-order valence-corrected chi connectivity index (χ1v) is 6.90. The van der Waals surface area contributed by atoms with Crippen LogP contribution < -0.4 is 16.0 Å². The Bertz CT molecular complexity index is 460. The maximum atomic E-state index is 11.7. The molecule has 0 saturated heterocycles. The van der Waals surface area contributed by atoms with Crippen LogP contribution in [0, 0.1) is 0 Å². The third kappa shape index (κ3) is 5.84. The lowest BCUT2D eigenvalue weighted by molar-refractivity contribution is -0.121. The zero-order valence-corrected chi connectivity index (χ0v) is 12.3. The standard InChI is InChI=1S/C15H23N3O2/c1-4-8-16-10-15(20)17-11(2)13-6-5-7-14(9-13)18-12(3)19/h5-7,9,11,16H,4,8,10H2,1-3H3,(H,17,20)(H,18,19). The molecule has 2 amide bonds. The molecule has 1 unspecified atom stereocenters. The van der Waals surface area contributed by atoms with Crippen LogP contribution >= 0.6 is 0 Å². The van der Waals surface area contributed by atoms with Crippen LogP contribution in [0.15, 0.2) is 24.3 Å². The van der Waals surface area contributed by atoms with Crippen molar-refractivity contribution in [3.63, 3.8) is 0 Å². The van der Waals surface area contributed by atoms with Gasteiger partial charge >= 0.3 is 0 Å². The second kappa shape index (κ2) is 8.32. The van der Waals surface area contributed by atoms with Crippen LogP contribution in [0.2, 0.25) is 0 Å². The van der Waals surface area contributed by atoms with Gasteiger partial charge in [-0.3, -0.25) is 9.59 Å². The van der Waals surface area contributed by atoms with Crippen LogP contribution in [0.1, 0.15) is 38.8 Å². The molecule has 1 aromatic rings. The molecule has 0 heterocycles. The van der Waals surface area contributed by atoms with E-state index in [1.807, 2.05) is 31.2 Å². The SMILES string of the molecule is CCCNCC(=O)NC(C)c1cccc(NC(C)=O)c1. The first-order chi connectivity index (χ1) is 9.52. The molecule has 5 heteroatoms. The van der Waals surface area contributed by atoms with E-state index in [4.69, 9.17) is 0 Å².